The Hall–Kier alpha value is -2.95. The van der Waals surface area contributed by atoms with Crippen molar-refractivity contribution < 1.29 is 32.9 Å². The fourth-order valence-corrected chi connectivity index (χ4v) is 7.19. The van der Waals surface area contributed by atoms with Crippen LogP contribution in [0.25, 0.3) is 11.1 Å². The molecule has 0 bridgehead atoms. The predicted molar refractivity (Wildman–Crippen MR) is 167 cm³/mol. The third kappa shape index (κ3) is 6.33. The van der Waals surface area contributed by atoms with E-state index >= 15 is 4.39 Å². The van der Waals surface area contributed by atoms with Gasteiger partial charge in [0.1, 0.15) is 6.61 Å². The van der Waals surface area contributed by atoms with Crippen LogP contribution in [0.3, 0.4) is 0 Å². The first-order chi connectivity index (χ1) is 20.4. The Balaban J connectivity index is 1.66. The van der Waals surface area contributed by atoms with Crippen molar-refractivity contribution in [3.8, 4) is 16.9 Å². The van der Waals surface area contributed by atoms with Crippen molar-refractivity contribution in [3.63, 3.8) is 0 Å². The van der Waals surface area contributed by atoms with Crippen molar-refractivity contribution in [2.75, 3.05) is 13.7 Å². The highest BCUT2D eigenvalue weighted by Gasteiger charge is 2.39. The molecule has 0 fully saturated rings. The van der Waals surface area contributed by atoms with Gasteiger partial charge in [0.15, 0.2) is 17.7 Å². The van der Waals surface area contributed by atoms with Crippen LogP contribution in [0.15, 0.2) is 45.3 Å². The van der Waals surface area contributed by atoms with E-state index < -0.39 is 29.6 Å². The molecule has 2 heterocycles. The Kier molecular flexibility index (Phi) is 9.20. The van der Waals surface area contributed by atoms with E-state index in [4.69, 9.17) is 18.9 Å². The lowest BCUT2D eigenvalue weighted by molar-refractivity contribution is -0.164. The molecule has 5 rings (SSSR count). The summed E-state index contributed by atoms with van der Waals surface area (Å²) in [5.41, 5.74) is 5.12. The number of fused-ring (bicyclic) bond motifs is 2. The van der Waals surface area contributed by atoms with Gasteiger partial charge in [-0.25, -0.2) is 14.0 Å². The van der Waals surface area contributed by atoms with Crippen LogP contribution in [-0.2, 0) is 45.1 Å². The van der Waals surface area contributed by atoms with E-state index in [9.17, 15) is 9.59 Å². The van der Waals surface area contributed by atoms with E-state index in [-0.39, 0.29) is 25.4 Å². The monoisotopic (exact) mass is 717 g/mol. The zero-order valence-electron chi connectivity index (χ0n) is 24.8. The number of hydrogen-bond donors (Lipinski definition) is 0. The summed E-state index contributed by atoms with van der Waals surface area (Å²) in [6.07, 6.45) is -0.169. The van der Waals surface area contributed by atoms with Gasteiger partial charge in [0.25, 0.3) is 0 Å². The molecule has 0 saturated carbocycles. The van der Waals surface area contributed by atoms with E-state index in [1.165, 1.54) is 13.2 Å². The second-order valence-corrected chi connectivity index (χ2v) is 13.3. The maximum Gasteiger partial charge on any atom is 0.410 e. The van der Waals surface area contributed by atoms with Crippen LogP contribution < -0.4 is 4.74 Å². The molecule has 3 aromatic carbocycles. The van der Waals surface area contributed by atoms with E-state index in [0.717, 1.165) is 34.2 Å². The van der Waals surface area contributed by atoms with Crippen LogP contribution in [-0.4, -0.2) is 36.3 Å². The standard InChI is InChI=1S/C33H34Br2FNO6/c1-18-20-12-9-13-41-29(20)24(36)14-21(18)25-26(30(31(38)40-5)43-33(2,3)4)28(35)23-16-37(15-22(23)27(25)34)32(39)42-17-19-10-7-6-8-11-19/h6-8,10-11,14,30H,9,12-13,15-17H2,1-5H3/t30-/m0/s1. The van der Waals surface area contributed by atoms with Crippen molar-refractivity contribution in [1.29, 1.82) is 0 Å². The number of rotatable bonds is 6. The average Bonchev–Trinajstić information content (AvgIpc) is 3.45. The number of carbonyl (C=O) groups excluding carboxylic acids is 2. The van der Waals surface area contributed by atoms with Crippen LogP contribution >= 0.6 is 31.9 Å². The van der Waals surface area contributed by atoms with E-state index in [2.05, 4.69) is 31.9 Å². The average molecular weight is 719 g/mol. The summed E-state index contributed by atoms with van der Waals surface area (Å²) in [4.78, 5) is 28.1. The van der Waals surface area contributed by atoms with Crippen LogP contribution in [0.5, 0.6) is 5.75 Å². The first-order valence-electron chi connectivity index (χ1n) is 14.1. The molecule has 0 N–H and O–H groups in total. The number of carbonyl (C=O) groups is 2. The van der Waals surface area contributed by atoms with E-state index in [1.807, 2.05) is 58.0 Å². The highest BCUT2D eigenvalue weighted by atomic mass is 79.9. The topological polar surface area (TPSA) is 74.3 Å². The number of halogens is 3. The van der Waals surface area contributed by atoms with Crippen LogP contribution in [0.2, 0.25) is 0 Å². The van der Waals surface area contributed by atoms with Crippen LogP contribution in [0.1, 0.15) is 66.7 Å². The fourth-order valence-electron chi connectivity index (χ4n) is 5.63. The maximum atomic E-state index is 15.6. The van der Waals surface area contributed by atoms with Crippen molar-refractivity contribution in [2.24, 2.45) is 0 Å². The van der Waals surface area contributed by atoms with Crippen LogP contribution in [0.4, 0.5) is 9.18 Å². The molecule has 0 unspecified atom stereocenters. The number of nitrogens with zero attached hydrogens (tertiary/aromatic N) is 1. The molecule has 43 heavy (non-hydrogen) atoms. The van der Waals surface area contributed by atoms with Gasteiger partial charge >= 0.3 is 12.1 Å². The van der Waals surface area contributed by atoms with E-state index in [0.29, 0.717) is 38.7 Å². The first-order valence-corrected chi connectivity index (χ1v) is 15.7. The largest absolute Gasteiger partial charge is 0.490 e. The van der Waals surface area contributed by atoms with Crippen molar-refractivity contribution in [2.45, 2.75) is 71.9 Å². The van der Waals surface area contributed by atoms with Gasteiger partial charge in [-0.05, 0) is 90.4 Å². The molecular weight excluding hydrogens is 685 g/mol. The van der Waals surface area contributed by atoms with Crippen molar-refractivity contribution in [1.82, 2.24) is 4.90 Å². The van der Waals surface area contributed by atoms with Gasteiger partial charge in [0.2, 0.25) is 0 Å². The van der Waals surface area contributed by atoms with Gasteiger partial charge in [-0.1, -0.05) is 46.3 Å². The third-order valence-electron chi connectivity index (χ3n) is 7.64. The molecule has 228 valence electrons. The molecule has 2 aliphatic rings. The molecule has 0 aromatic heterocycles. The number of esters is 1. The molecule has 7 nitrogen and oxygen atoms in total. The Bertz CT molecular complexity index is 1570. The second-order valence-electron chi connectivity index (χ2n) is 11.7. The Morgan fingerprint density at radius 3 is 2.40 bits per heavy atom. The van der Waals surface area contributed by atoms with Gasteiger partial charge < -0.3 is 18.9 Å². The third-order valence-corrected chi connectivity index (χ3v) is 9.42. The van der Waals surface area contributed by atoms with Crippen molar-refractivity contribution >= 4 is 43.9 Å². The molecule has 3 aromatic rings. The molecule has 2 aliphatic heterocycles. The molecule has 1 atom stereocenters. The summed E-state index contributed by atoms with van der Waals surface area (Å²) in [6, 6.07) is 10.9. The normalized spacial score (nSPS) is 14.9. The molecule has 1 amide bonds. The SMILES string of the molecule is COC(=O)[C@@H](OC(C)(C)C)c1c(Br)c2c(c(Br)c1-c1cc(F)c3c(c1C)CCCO3)CN(C(=O)OCc1ccccc1)C2. The summed E-state index contributed by atoms with van der Waals surface area (Å²) in [7, 11) is 1.31. The minimum atomic E-state index is -1.15. The number of hydrogen-bond acceptors (Lipinski definition) is 6. The maximum absolute atomic E-state index is 15.6. The second kappa shape index (κ2) is 12.6. The lowest BCUT2D eigenvalue weighted by Crippen LogP contribution is -2.29. The highest BCUT2D eigenvalue weighted by Crippen LogP contribution is 2.50. The summed E-state index contributed by atoms with van der Waals surface area (Å²) in [6.45, 7) is 8.59. The number of benzene rings is 3. The lowest BCUT2D eigenvalue weighted by atomic mass is 9.86. The molecule has 0 radical (unpaired) electrons. The van der Waals surface area contributed by atoms with Gasteiger partial charge in [-0.3, -0.25) is 4.90 Å². The summed E-state index contributed by atoms with van der Waals surface area (Å²) >= 11 is 7.60. The molecule has 10 heteroatoms. The molecule has 0 saturated heterocycles. The van der Waals surface area contributed by atoms with Gasteiger partial charge in [-0.15, -0.1) is 0 Å². The number of amides is 1. The first kappa shape index (κ1) is 31.5. The molecular formula is C33H34Br2FNO6. The van der Waals surface area contributed by atoms with Crippen LogP contribution in [0, 0.1) is 12.7 Å². The fraction of sp³-hybridized carbons (Fsp3) is 0.394. The number of ether oxygens (including phenoxy) is 4. The predicted octanol–water partition coefficient (Wildman–Crippen LogP) is 8.33. The lowest BCUT2D eigenvalue weighted by Gasteiger charge is -2.30. The zero-order chi connectivity index (χ0) is 31.1. The quantitative estimate of drug-likeness (QED) is 0.239. The zero-order valence-corrected chi connectivity index (χ0v) is 28.0. The molecule has 0 aliphatic carbocycles. The smallest absolute Gasteiger partial charge is 0.410 e. The highest BCUT2D eigenvalue weighted by molar-refractivity contribution is 9.11. The summed E-state index contributed by atoms with van der Waals surface area (Å²) < 4.78 is 39.7. The Morgan fingerprint density at radius 2 is 1.74 bits per heavy atom. The summed E-state index contributed by atoms with van der Waals surface area (Å²) in [5.74, 6) is -0.796. The Labute approximate surface area is 267 Å². The van der Waals surface area contributed by atoms with E-state index in [1.54, 1.807) is 4.90 Å². The number of methoxy groups -OCH3 is 1. The van der Waals surface area contributed by atoms with Gasteiger partial charge in [-0.2, -0.15) is 0 Å². The summed E-state index contributed by atoms with van der Waals surface area (Å²) in [5, 5.41) is 0. The molecule has 0 spiro atoms. The minimum Gasteiger partial charge on any atom is -0.490 e. The van der Waals surface area contributed by atoms with Crippen molar-refractivity contribution in [3.05, 3.63) is 84.5 Å². The van der Waals surface area contributed by atoms with Gasteiger partial charge in [0, 0.05) is 25.6 Å². The van der Waals surface area contributed by atoms with Gasteiger partial charge in [0.05, 0.1) is 32.4 Å². The Morgan fingerprint density at radius 1 is 1.07 bits per heavy atom. The minimum absolute atomic E-state index is 0.144.